The SMILES string of the molecule is Cc1ccnc2sc(C(=O)NCC3CC=CCC3)c(N)c12. The molecule has 2 aromatic heterocycles. The lowest BCUT2D eigenvalue weighted by atomic mass is 9.94. The van der Waals surface area contributed by atoms with Gasteiger partial charge < -0.3 is 11.1 Å². The quantitative estimate of drug-likeness (QED) is 0.855. The van der Waals surface area contributed by atoms with Crippen molar-refractivity contribution < 1.29 is 4.79 Å². The van der Waals surface area contributed by atoms with Crippen LogP contribution < -0.4 is 11.1 Å². The zero-order valence-electron chi connectivity index (χ0n) is 12.1. The van der Waals surface area contributed by atoms with Crippen molar-refractivity contribution in [3.63, 3.8) is 0 Å². The highest BCUT2D eigenvalue weighted by molar-refractivity contribution is 7.21. The van der Waals surface area contributed by atoms with Gasteiger partial charge in [-0.1, -0.05) is 12.2 Å². The van der Waals surface area contributed by atoms with Gasteiger partial charge in [0, 0.05) is 18.1 Å². The monoisotopic (exact) mass is 301 g/mol. The predicted octanol–water partition coefficient (Wildman–Crippen LogP) is 3.27. The lowest BCUT2D eigenvalue weighted by molar-refractivity contribution is 0.0951. The number of hydrogen-bond donors (Lipinski definition) is 2. The Hall–Kier alpha value is -1.88. The first kappa shape index (κ1) is 14.1. The first-order chi connectivity index (χ1) is 10.2. The van der Waals surface area contributed by atoms with Crippen LogP contribution in [-0.2, 0) is 0 Å². The summed E-state index contributed by atoms with van der Waals surface area (Å²) < 4.78 is 0. The lowest BCUT2D eigenvalue weighted by Gasteiger charge is -2.17. The Labute approximate surface area is 128 Å². The van der Waals surface area contributed by atoms with Gasteiger partial charge in [0.2, 0.25) is 0 Å². The second kappa shape index (κ2) is 5.85. The molecular formula is C16H19N3OS. The average Bonchev–Trinajstić information content (AvgIpc) is 2.84. The van der Waals surface area contributed by atoms with Gasteiger partial charge in [0.1, 0.15) is 9.71 Å². The van der Waals surface area contributed by atoms with Crippen molar-refractivity contribution in [3.8, 4) is 0 Å². The zero-order valence-corrected chi connectivity index (χ0v) is 12.9. The van der Waals surface area contributed by atoms with Crippen molar-refractivity contribution >= 4 is 33.1 Å². The van der Waals surface area contributed by atoms with Crippen molar-refractivity contribution in [1.82, 2.24) is 10.3 Å². The van der Waals surface area contributed by atoms with Crippen LogP contribution in [0.15, 0.2) is 24.4 Å². The summed E-state index contributed by atoms with van der Waals surface area (Å²) in [6, 6.07) is 1.92. The van der Waals surface area contributed by atoms with Crippen LogP contribution in [0.25, 0.3) is 10.2 Å². The van der Waals surface area contributed by atoms with E-state index in [1.54, 1.807) is 6.20 Å². The molecule has 1 unspecified atom stereocenters. The fourth-order valence-corrected chi connectivity index (χ4v) is 3.79. The molecule has 110 valence electrons. The molecule has 21 heavy (non-hydrogen) atoms. The summed E-state index contributed by atoms with van der Waals surface area (Å²) in [6.07, 6.45) is 9.44. The number of carbonyl (C=O) groups excluding carboxylic acids is 1. The number of nitrogens with zero attached hydrogens (tertiary/aromatic N) is 1. The molecule has 4 nitrogen and oxygen atoms in total. The third-order valence-corrected chi connectivity index (χ3v) is 5.08. The molecule has 0 bridgehead atoms. The highest BCUT2D eigenvalue weighted by Crippen LogP contribution is 2.34. The summed E-state index contributed by atoms with van der Waals surface area (Å²) in [6.45, 7) is 2.70. The third-order valence-electron chi connectivity index (χ3n) is 3.97. The minimum absolute atomic E-state index is 0.0792. The predicted molar refractivity (Wildman–Crippen MR) is 87.6 cm³/mol. The van der Waals surface area contributed by atoms with Gasteiger partial charge in [-0.05, 0) is 43.7 Å². The van der Waals surface area contributed by atoms with Crippen LogP contribution in [0.1, 0.15) is 34.5 Å². The van der Waals surface area contributed by atoms with E-state index in [2.05, 4.69) is 22.5 Å². The number of nitrogens with one attached hydrogen (secondary N) is 1. The number of carbonyl (C=O) groups is 1. The summed E-state index contributed by atoms with van der Waals surface area (Å²) in [5, 5.41) is 3.93. The molecule has 0 aliphatic heterocycles. The molecule has 1 aliphatic carbocycles. The van der Waals surface area contributed by atoms with E-state index in [4.69, 9.17) is 5.73 Å². The molecule has 2 aromatic rings. The molecule has 5 heteroatoms. The van der Waals surface area contributed by atoms with Gasteiger partial charge in [0.15, 0.2) is 0 Å². The van der Waals surface area contributed by atoms with E-state index in [0.29, 0.717) is 23.0 Å². The second-order valence-electron chi connectivity index (χ2n) is 5.51. The fourth-order valence-electron chi connectivity index (χ4n) is 2.73. The maximum atomic E-state index is 12.4. The van der Waals surface area contributed by atoms with Gasteiger partial charge >= 0.3 is 0 Å². The highest BCUT2D eigenvalue weighted by atomic mass is 32.1. The number of hydrogen-bond acceptors (Lipinski definition) is 4. The highest BCUT2D eigenvalue weighted by Gasteiger charge is 2.19. The van der Waals surface area contributed by atoms with Crippen molar-refractivity contribution in [2.45, 2.75) is 26.2 Å². The Morgan fingerprint density at radius 2 is 2.38 bits per heavy atom. The van der Waals surface area contributed by atoms with Gasteiger partial charge in [-0.15, -0.1) is 11.3 Å². The number of aryl methyl sites for hydroxylation is 1. The topological polar surface area (TPSA) is 68.0 Å². The molecule has 3 N–H and O–H groups in total. The van der Waals surface area contributed by atoms with Crippen molar-refractivity contribution in [1.29, 1.82) is 0 Å². The van der Waals surface area contributed by atoms with Gasteiger partial charge in [-0.2, -0.15) is 0 Å². The van der Waals surface area contributed by atoms with Crippen LogP contribution in [0.5, 0.6) is 0 Å². The minimum Gasteiger partial charge on any atom is -0.397 e. The molecular weight excluding hydrogens is 282 g/mol. The zero-order chi connectivity index (χ0) is 14.8. The first-order valence-corrected chi connectivity index (χ1v) is 8.05. The van der Waals surface area contributed by atoms with Gasteiger partial charge in [-0.25, -0.2) is 4.98 Å². The van der Waals surface area contributed by atoms with Crippen LogP contribution in [0.2, 0.25) is 0 Å². The van der Waals surface area contributed by atoms with E-state index < -0.39 is 0 Å². The Bertz CT molecular complexity index is 705. The van der Waals surface area contributed by atoms with Crippen molar-refractivity contribution in [2.24, 2.45) is 5.92 Å². The second-order valence-corrected chi connectivity index (χ2v) is 6.51. The fraction of sp³-hybridized carbons (Fsp3) is 0.375. The number of pyridine rings is 1. The van der Waals surface area contributed by atoms with E-state index in [1.165, 1.54) is 11.3 Å². The summed E-state index contributed by atoms with van der Waals surface area (Å²) in [5.41, 5.74) is 7.77. The van der Waals surface area contributed by atoms with Crippen LogP contribution in [0, 0.1) is 12.8 Å². The number of fused-ring (bicyclic) bond motifs is 1. The number of nitrogen functional groups attached to an aromatic ring is 1. The van der Waals surface area contributed by atoms with E-state index in [-0.39, 0.29) is 5.91 Å². The molecule has 0 saturated heterocycles. The number of anilines is 1. The molecule has 2 heterocycles. The van der Waals surface area contributed by atoms with E-state index >= 15 is 0 Å². The molecule has 1 aliphatic rings. The number of amides is 1. The standard InChI is InChI=1S/C16H19N3OS/c1-10-7-8-18-16-12(10)13(17)14(21-16)15(20)19-9-11-5-3-2-4-6-11/h2-3,7-8,11H,4-6,9,17H2,1H3,(H,19,20). The summed E-state index contributed by atoms with van der Waals surface area (Å²) in [7, 11) is 0. The molecule has 0 spiro atoms. The molecule has 0 fully saturated rings. The van der Waals surface area contributed by atoms with Crippen molar-refractivity contribution in [2.75, 3.05) is 12.3 Å². The molecule has 1 atom stereocenters. The third kappa shape index (κ3) is 2.78. The van der Waals surface area contributed by atoms with E-state index in [0.717, 1.165) is 35.0 Å². The Balaban J connectivity index is 1.77. The number of allylic oxidation sites excluding steroid dienone is 2. The van der Waals surface area contributed by atoms with Crippen LogP contribution in [0.3, 0.4) is 0 Å². The van der Waals surface area contributed by atoms with Gasteiger partial charge in [-0.3, -0.25) is 4.79 Å². The van der Waals surface area contributed by atoms with E-state index in [1.807, 2.05) is 13.0 Å². The van der Waals surface area contributed by atoms with Crippen molar-refractivity contribution in [3.05, 3.63) is 34.9 Å². The minimum atomic E-state index is -0.0792. The summed E-state index contributed by atoms with van der Waals surface area (Å²) in [4.78, 5) is 18.1. The lowest BCUT2D eigenvalue weighted by Crippen LogP contribution is -2.29. The number of aromatic nitrogens is 1. The van der Waals surface area contributed by atoms with Crippen LogP contribution in [0.4, 0.5) is 5.69 Å². The molecule has 0 aromatic carbocycles. The van der Waals surface area contributed by atoms with E-state index in [9.17, 15) is 4.79 Å². The Kier molecular flexibility index (Phi) is 3.92. The molecule has 1 amide bonds. The normalized spacial score (nSPS) is 18.0. The number of rotatable bonds is 3. The number of nitrogens with two attached hydrogens (primary N) is 1. The number of thiophene rings is 1. The maximum absolute atomic E-state index is 12.4. The van der Waals surface area contributed by atoms with Crippen LogP contribution in [-0.4, -0.2) is 17.4 Å². The first-order valence-electron chi connectivity index (χ1n) is 7.23. The van der Waals surface area contributed by atoms with Crippen LogP contribution >= 0.6 is 11.3 Å². The van der Waals surface area contributed by atoms with Gasteiger partial charge in [0.05, 0.1) is 5.69 Å². The summed E-state index contributed by atoms with van der Waals surface area (Å²) >= 11 is 1.37. The molecule has 0 radical (unpaired) electrons. The van der Waals surface area contributed by atoms with Gasteiger partial charge in [0.25, 0.3) is 5.91 Å². The largest absolute Gasteiger partial charge is 0.397 e. The molecule has 0 saturated carbocycles. The Morgan fingerprint density at radius 1 is 1.52 bits per heavy atom. The smallest absolute Gasteiger partial charge is 0.263 e. The Morgan fingerprint density at radius 3 is 3.10 bits per heavy atom. The maximum Gasteiger partial charge on any atom is 0.263 e. The molecule has 3 rings (SSSR count). The average molecular weight is 301 g/mol. The summed E-state index contributed by atoms with van der Waals surface area (Å²) in [5.74, 6) is 0.457.